The summed E-state index contributed by atoms with van der Waals surface area (Å²) < 4.78 is 0. The smallest absolute Gasteiger partial charge is 0.269 e. The molecule has 25 heavy (non-hydrogen) atoms. The zero-order valence-electron chi connectivity index (χ0n) is 14.3. The van der Waals surface area contributed by atoms with Gasteiger partial charge in [0.1, 0.15) is 5.69 Å². The molecule has 0 aliphatic heterocycles. The summed E-state index contributed by atoms with van der Waals surface area (Å²) in [7, 11) is 3.96. The zero-order valence-corrected chi connectivity index (χ0v) is 15.0. The number of anilines is 1. The molecule has 1 aromatic heterocycles. The molecular weight excluding hydrogens is 340 g/mol. The Balaban J connectivity index is 1.96. The Morgan fingerprint density at radius 2 is 1.84 bits per heavy atom. The van der Waals surface area contributed by atoms with E-state index >= 15 is 0 Å². The molecule has 132 valence electrons. The van der Waals surface area contributed by atoms with Crippen LogP contribution in [0.15, 0.2) is 42.6 Å². The van der Waals surface area contributed by atoms with Gasteiger partial charge in [-0.1, -0.05) is 11.6 Å². The third-order valence-electron chi connectivity index (χ3n) is 3.42. The van der Waals surface area contributed by atoms with Crippen molar-refractivity contribution < 1.29 is 9.59 Å². The van der Waals surface area contributed by atoms with Crippen molar-refractivity contribution >= 4 is 29.1 Å². The lowest BCUT2D eigenvalue weighted by Crippen LogP contribution is -2.28. The molecule has 0 aliphatic carbocycles. The number of benzene rings is 1. The highest BCUT2D eigenvalue weighted by atomic mass is 35.5. The Morgan fingerprint density at radius 1 is 1.12 bits per heavy atom. The quantitative estimate of drug-likeness (QED) is 0.744. The molecule has 0 bridgehead atoms. The van der Waals surface area contributed by atoms with Crippen molar-refractivity contribution in [1.29, 1.82) is 0 Å². The molecule has 0 saturated heterocycles. The second kappa shape index (κ2) is 9.15. The summed E-state index contributed by atoms with van der Waals surface area (Å²) in [6.45, 7) is 1.44. The number of rotatable bonds is 7. The first-order valence-electron chi connectivity index (χ1n) is 7.91. The van der Waals surface area contributed by atoms with Crippen LogP contribution in [0, 0.1) is 0 Å². The largest absolute Gasteiger partial charge is 0.351 e. The summed E-state index contributed by atoms with van der Waals surface area (Å²) in [6, 6.07) is 9.84. The lowest BCUT2D eigenvalue weighted by Gasteiger charge is -2.10. The van der Waals surface area contributed by atoms with E-state index in [-0.39, 0.29) is 17.5 Å². The Kier molecular flexibility index (Phi) is 6.91. The van der Waals surface area contributed by atoms with Gasteiger partial charge in [0.05, 0.1) is 0 Å². The SMILES string of the molecule is CN(C)CCCNC(=O)c1cc(C(=O)Nc2ccc(Cl)cc2)ccn1. The Bertz CT molecular complexity index is 732. The van der Waals surface area contributed by atoms with Crippen molar-refractivity contribution in [3.63, 3.8) is 0 Å². The van der Waals surface area contributed by atoms with E-state index in [1.165, 1.54) is 12.3 Å². The van der Waals surface area contributed by atoms with Crippen LogP contribution >= 0.6 is 11.6 Å². The molecule has 1 aromatic carbocycles. The minimum absolute atomic E-state index is 0.216. The minimum atomic E-state index is -0.314. The normalized spacial score (nSPS) is 10.6. The third-order valence-corrected chi connectivity index (χ3v) is 3.68. The van der Waals surface area contributed by atoms with E-state index in [1.807, 2.05) is 19.0 Å². The van der Waals surface area contributed by atoms with Crippen molar-refractivity contribution in [2.24, 2.45) is 0 Å². The fraction of sp³-hybridized carbons (Fsp3) is 0.278. The lowest BCUT2D eigenvalue weighted by atomic mass is 10.2. The van der Waals surface area contributed by atoms with Crippen LogP contribution in [-0.4, -0.2) is 48.9 Å². The van der Waals surface area contributed by atoms with E-state index in [0.29, 0.717) is 22.8 Å². The molecule has 0 aliphatic rings. The van der Waals surface area contributed by atoms with Gasteiger partial charge in [0.15, 0.2) is 0 Å². The molecule has 0 spiro atoms. The van der Waals surface area contributed by atoms with E-state index in [0.717, 1.165) is 13.0 Å². The molecule has 6 nitrogen and oxygen atoms in total. The van der Waals surface area contributed by atoms with Crippen molar-refractivity contribution in [2.75, 3.05) is 32.5 Å². The monoisotopic (exact) mass is 360 g/mol. The number of carbonyl (C=O) groups excluding carboxylic acids is 2. The van der Waals surface area contributed by atoms with Crippen molar-refractivity contribution in [2.45, 2.75) is 6.42 Å². The van der Waals surface area contributed by atoms with Gasteiger partial charge in [-0.25, -0.2) is 0 Å². The number of carbonyl (C=O) groups is 2. The summed E-state index contributed by atoms with van der Waals surface area (Å²) in [6.07, 6.45) is 2.29. The lowest BCUT2D eigenvalue weighted by molar-refractivity contribution is 0.0947. The van der Waals surface area contributed by atoms with Gasteiger partial charge in [-0.2, -0.15) is 0 Å². The second-order valence-electron chi connectivity index (χ2n) is 5.80. The van der Waals surface area contributed by atoms with Crippen molar-refractivity contribution in [3.05, 3.63) is 58.9 Å². The number of halogens is 1. The van der Waals surface area contributed by atoms with Gasteiger partial charge >= 0.3 is 0 Å². The van der Waals surface area contributed by atoms with E-state index in [1.54, 1.807) is 30.3 Å². The number of hydrogen-bond donors (Lipinski definition) is 2. The maximum atomic E-state index is 12.3. The molecule has 2 N–H and O–H groups in total. The topological polar surface area (TPSA) is 74.3 Å². The van der Waals surface area contributed by atoms with E-state index < -0.39 is 0 Å². The van der Waals surface area contributed by atoms with Gasteiger partial charge in [0.2, 0.25) is 0 Å². The number of amides is 2. The average Bonchev–Trinajstić information content (AvgIpc) is 2.60. The molecule has 0 atom stereocenters. The molecule has 0 radical (unpaired) electrons. The van der Waals surface area contributed by atoms with Crippen LogP contribution in [0.1, 0.15) is 27.3 Å². The van der Waals surface area contributed by atoms with Crippen LogP contribution in [0.25, 0.3) is 0 Å². The van der Waals surface area contributed by atoms with Gasteiger partial charge in [-0.05, 0) is 63.5 Å². The zero-order chi connectivity index (χ0) is 18.2. The summed E-state index contributed by atoms with van der Waals surface area (Å²) in [5, 5.41) is 6.15. The molecule has 7 heteroatoms. The summed E-state index contributed by atoms with van der Waals surface area (Å²) >= 11 is 5.82. The van der Waals surface area contributed by atoms with Gasteiger partial charge in [-0.15, -0.1) is 0 Å². The predicted octanol–water partition coefficient (Wildman–Crippen LogP) is 2.67. The molecular formula is C18H21ClN4O2. The number of aromatic nitrogens is 1. The predicted molar refractivity (Wildman–Crippen MR) is 99.1 cm³/mol. The fourth-order valence-electron chi connectivity index (χ4n) is 2.12. The molecule has 0 fully saturated rings. The highest BCUT2D eigenvalue weighted by Gasteiger charge is 2.12. The molecule has 1 heterocycles. The second-order valence-corrected chi connectivity index (χ2v) is 6.24. The van der Waals surface area contributed by atoms with E-state index in [4.69, 9.17) is 11.6 Å². The Morgan fingerprint density at radius 3 is 2.52 bits per heavy atom. The minimum Gasteiger partial charge on any atom is -0.351 e. The maximum absolute atomic E-state index is 12.3. The maximum Gasteiger partial charge on any atom is 0.269 e. The van der Waals surface area contributed by atoms with Crippen LogP contribution in [0.5, 0.6) is 0 Å². The number of nitrogens with zero attached hydrogens (tertiary/aromatic N) is 2. The highest BCUT2D eigenvalue weighted by molar-refractivity contribution is 6.30. The first-order chi connectivity index (χ1) is 12.0. The first kappa shape index (κ1) is 18.9. The molecule has 2 aromatic rings. The number of nitrogens with one attached hydrogen (secondary N) is 2. The van der Waals surface area contributed by atoms with Crippen LogP contribution in [-0.2, 0) is 0 Å². The van der Waals surface area contributed by atoms with Crippen LogP contribution in [0.4, 0.5) is 5.69 Å². The average molecular weight is 361 g/mol. The Labute approximate surface area is 152 Å². The highest BCUT2D eigenvalue weighted by Crippen LogP contribution is 2.14. The van der Waals surface area contributed by atoms with Gasteiger partial charge < -0.3 is 15.5 Å². The van der Waals surface area contributed by atoms with Gasteiger partial charge in [0.25, 0.3) is 11.8 Å². The van der Waals surface area contributed by atoms with E-state index in [9.17, 15) is 9.59 Å². The van der Waals surface area contributed by atoms with Crippen LogP contribution in [0.2, 0.25) is 5.02 Å². The molecule has 0 saturated carbocycles. The van der Waals surface area contributed by atoms with Crippen LogP contribution < -0.4 is 10.6 Å². The Hall–Kier alpha value is -2.44. The standard InChI is InChI=1S/C18H21ClN4O2/c1-23(2)11-3-9-21-18(25)16-12-13(8-10-20-16)17(24)22-15-6-4-14(19)5-7-15/h4-8,10,12H,3,9,11H2,1-2H3,(H,21,25)(H,22,24). The third kappa shape index (κ3) is 6.17. The van der Waals surface area contributed by atoms with E-state index in [2.05, 4.69) is 15.6 Å². The van der Waals surface area contributed by atoms with Crippen molar-refractivity contribution in [3.8, 4) is 0 Å². The summed E-state index contributed by atoms with van der Waals surface area (Å²) in [5.74, 6) is -0.605. The van der Waals surface area contributed by atoms with Gasteiger partial charge in [-0.3, -0.25) is 14.6 Å². The molecule has 2 amide bonds. The number of pyridine rings is 1. The summed E-state index contributed by atoms with van der Waals surface area (Å²) in [5.41, 5.74) is 1.21. The molecule has 2 rings (SSSR count). The molecule has 0 unspecified atom stereocenters. The fourth-order valence-corrected chi connectivity index (χ4v) is 2.25. The summed E-state index contributed by atoms with van der Waals surface area (Å²) in [4.78, 5) is 30.5. The van der Waals surface area contributed by atoms with Gasteiger partial charge in [0, 0.05) is 29.0 Å². The van der Waals surface area contributed by atoms with Crippen molar-refractivity contribution in [1.82, 2.24) is 15.2 Å². The number of hydrogen-bond acceptors (Lipinski definition) is 4. The first-order valence-corrected chi connectivity index (χ1v) is 8.29. The van der Waals surface area contributed by atoms with Crippen LogP contribution in [0.3, 0.4) is 0 Å².